The van der Waals surface area contributed by atoms with Crippen LogP contribution in [0.2, 0.25) is 0 Å². The quantitative estimate of drug-likeness (QED) is 0.388. The van der Waals surface area contributed by atoms with Crippen LogP contribution < -0.4 is 5.32 Å². The second-order valence-corrected chi connectivity index (χ2v) is 8.50. The van der Waals surface area contributed by atoms with Crippen LogP contribution in [0, 0.1) is 6.92 Å². The summed E-state index contributed by atoms with van der Waals surface area (Å²) in [7, 11) is 0. The number of hydrogen-bond acceptors (Lipinski definition) is 8. The van der Waals surface area contributed by atoms with Crippen molar-refractivity contribution in [1.82, 2.24) is 14.6 Å². The summed E-state index contributed by atoms with van der Waals surface area (Å²) >= 11 is 1.32. The van der Waals surface area contributed by atoms with Crippen LogP contribution in [0.25, 0.3) is 0 Å². The molecular formula is C23H25N5O3S. The molecule has 166 valence electrons. The fraction of sp³-hybridized carbons (Fsp3) is 0.348. The summed E-state index contributed by atoms with van der Waals surface area (Å²) in [6.45, 7) is 2.14. The zero-order chi connectivity index (χ0) is 22.2. The van der Waals surface area contributed by atoms with Gasteiger partial charge in [0, 0.05) is 5.56 Å². The predicted molar refractivity (Wildman–Crippen MR) is 123 cm³/mol. The average molecular weight is 452 g/mol. The molecule has 9 heteroatoms. The Kier molecular flexibility index (Phi) is 7.52. The van der Waals surface area contributed by atoms with Gasteiger partial charge in [0.2, 0.25) is 0 Å². The molecule has 1 aliphatic carbocycles. The number of amides is 1. The van der Waals surface area contributed by atoms with Gasteiger partial charge >= 0.3 is 0 Å². The van der Waals surface area contributed by atoms with Gasteiger partial charge in [-0.3, -0.25) is 4.79 Å². The monoisotopic (exact) mass is 451 g/mol. The third-order valence-electron chi connectivity index (χ3n) is 5.12. The van der Waals surface area contributed by atoms with Crippen LogP contribution in [0.3, 0.4) is 0 Å². The molecular weight excluding hydrogens is 426 g/mol. The SMILES string of the molecule is Cc1snnc1/C(=N/OCc1cccc(NC(=O)COC2CCCC2)n1)c1ccccc1. The summed E-state index contributed by atoms with van der Waals surface area (Å²) in [4.78, 5) is 23.2. The Morgan fingerprint density at radius 3 is 2.72 bits per heavy atom. The molecule has 1 fully saturated rings. The number of oxime groups is 1. The molecule has 0 aliphatic heterocycles. The van der Waals surface area contributed by atoms with E-state index in [9.17, 15) is 4.79 Å². The first-order valence-corrected chi connectivity index (χ1v) is 11.4. The molecule has 1 N–H and O–H groups in total. The van der Waals surface area contributed by atoms with Crippen molar-refractivity contribution >= 4 is 29.0 Å². The number of carbonyl (C=O) groups excluding carboxylic acids is 1. The van der Waals surface area contributed by atoms with Crippen LogP contribution in [0.15, 0.2) is 53.7 Å². The van der Waals surface area contributed by atoms with E-state index in [0.29, 0.717) is 22.9 Å². The van der Waals surface area contributed by atoms with Crippen molar-refractivity contribution < 1.29 is 14.4 Å². The van der Waals surface area contributed by atoms with E-state index in [0.717, 1.165) is 23.3 Å². The standard InChI is InChI=1S/C23H25N5O3S/c1-16-22(26-28-32-16)23(17-8-3-2-4-9-17)27-31-14-18-10-7-13-20(24-18)25-21(29)15-30-19-11-5-6-12-19/h2-4,7-10,13,19H,5-6,11-12,14-15H2,1H3,(H,24,25,29)/b27-23+. The van der Waals surface area contributed by atoms with Crippen molar-refractivity contribution in [1.29, 1.82) is 0 Å². The predicted octanol–water partition coefficient (Wildman–Crippen LogP) is 4.11. The van der Waals surface area contributed by atoms with Crippen molar-refractivity contribution in [3.8, 4) is 0 Å². The number of nitrogens with zero attached hydrogens (tertiary/aromatic N) is 4. The number of aryl methyl sites for hydroxylation is 1. The smallest absolute Gasteiger partial charge is 0.251 e. The summed E-state index contributed by atoms with van der Waals surface area (Å²) < 4.78 is 9.66. The lowest BCUT2D eigenvalue weighted by atomic mass is 10.1. The molecule has 4 rings (SSSR count). The fourth-order valence-corrected chi connectivity index (χ4v) is 3.97. The number of rotatable bonds is 9. The average Bonchev–Trinajstić information content (AvgIpc) is 3.48. The maximum absolute atomic E-state index is 12.2. The first-order chi connectivity index (χ1) is 15.7. The fourth-order valence-electron chi connectivity index (χ4n) is 3.50. The highest BCUT2D eigenvalue weighted by atomic mass is 32.1. The number of ether oxygens (including phenoxy) is 1. The molecule has 3 aromatic rings. The summed E-state index contributed by atoms with van der Waals surface area (Å²) in [5, 5.41) is 11.3. The van der Waals surface area contributed by atoms with Gasteiger partial charge in [-0.1, -0.05) is 58.9 Å². The topological polar surface area (TPSA) is 98.6 Å². The minimum atomic E-state index is -0.210. The van der Waals surface area contributed by atoms with Crippen molar-refractivity contribution in [3.63, 3.8) is 0 Å². The minimum Gasteiger partial charge on any atom is -0.389 e. The van der Waals surface area contributed by atoms with Gasteiger partial charge in [0.05, 0.1) is 16.7 Å². The van der Waals surface area contributed by atoms with Crippen molar-refractivity contribution in [3.05, 3.63) is 70.4 Å². The maximum Gasteiger partial charge on any atom is 0.251 e. The molecule has 8 nitrogen and oxygen atoms in total. The molecule has 2 heterocycles. The number of carbonyl (C=O) groups is 1. The summed E-state index contributed by atoms with van der Waals surface area (Å²) in [5.41, 5.74) is 2.84. The second kappa shape index (κ2) is 10.9. The zero-order valence-corrected chi connectivity index (χ0v) is 18.7. The van der Waals surface area contributed by atoms with Gasteiger partial charge in [-0.25, -0.2) is 4.98 Å². The lowest BCUT2D eigenvalue weighted by molar-refractivity contribution is -0.122. The molecule has 0 unspecified atom stereocenters. The Morgan fingerprint density at radius 2 is 1.97 bits per heavy atom. The van der Waals surface area contributed by atoms with Crippen molar-refractivity contribution in [2.45, 2.75) is 45.3 Å². The third-order valence-corrected chi connectivity index (χ3v) is 5.75. The Labute approximate surface area is 190 Å². The van der Waals surface area contributed by atoms with Crippen LogP contribution in [0.5, 0.6) is 0 Å². The molecule has 0 radical (unpaired) electrons. The van der Waals surface area contributed by atoms with Gasteiger partial charge in [0.1, 0.15) is 23.8 Å². The Hall–Kier alpha value is -3.17. The summed E-state index contributed by atoms with van der Waals surface area (Å²) in [5.74, 6) is 0.247. The van der Waals surface area contributed by atoms with Gasteiger partial charge in [-0.2, -0.15) is 0 Å². The van der Waals surface area contributed by atoms with Crippen molar-refractivity contribution in [2.75, 3.05) is 11.9 Å². The molecule has 2 aromatic heterocycles. The third kappa shape index (κ3) is 5.95. The largest absolute Gasteiger partial charge is 0.389 e. The molecule has 32 heavy (non-hydrogen) atoms. The molecule has 0 spiro atoms. The Morgan fingerprint density at radius 1 is 1.16 bits per heavy atom. The van der Waals surface area contributed by atoms with Crippen LogP contribution in [0.4, 0.5) is 5.82 Å². The summed E-state index contributed by atoms with van der Waals surface area (Å²) in [6, 6.07) is 15.1. The lowest BCUT2D eigenvalue weighted by Crippen LogP contribution is -2.22. The van der Waals surface area contributed by atoms with E-state index in [1.807, 2.05) is 49.4 Å². The van der Waals surface area contributed by atoms with E-state index in [1.54, 1.807) is 6.07 Å². The van der Waals surface area contributed by atoms with E-state index in [1.165, 1.54) is 24.4 Å². The Bertz CT molecular complexity index is 1060. The van der Waals surface area contributed by atoms with Gasteiger partial charge in [0.15, 0.2) is 6.61 Å². The molecule has 1 aromatic carbocycles. The molecule has 0 bridgehead atoms. The summed E-state index contributed by atoms with van der Waals surface area (Å²) in [6.07, 6.45) is 4.59. The number of benzene rings is 1. The second-order valence-electron chi connectivity index (χ2n) is 7.54. The highest BCUT2D eigenvalue weighted by Gasteiger charge is 2.17. The van der Waals surface area contributed by atoms with Crippen LogP contribution in [-0.4, -0.2) is 38.9 Å². The van der Waals surface area contributed by atoms with Crippen LogP contribution in [-0.2, 0) is 21.0 Å². The van der Waals surface area contributed by atoms with Gasteiger partial charge in [-0.05, 0) is 43.4 Å². The van der Waals surface area contributed by atoms with Crippen LogP contribution in [0.1, 0.15) is 47.5 Å². The van der Waals surface area contributed by atoms with Crippen molar-refractivity contribution in [2.24, 2.45) is 5.16 Å². The number of pyridine rings is 1. The highest BCUT2D eigenvalue weighted by molar-refractivity contribution is 7.05. The van der Waals surface area contributed by atoms with Crippen LogP contribution >= 0.6 is 11.5 Å². The Balaban J connectivity index is 1.37. The number of aromatic nitrogens is 3. The highest BCUT2D eigenvalue weighted by Crippen LogP contribution is 2.21. The van der Waals surface area contributed by atoms with Gasteiger partial charge in [0.25, 0.3) is 5.91 Å². The number of hydrogen-bond donors (Lipinski definition) is 1. The zero-order valence-electron chi connectivity index (χ0n) is 17.9. The molecule has 1 amide bonds. The maximum atomic E-state index is 12.2. The van der Waals surface area contributed by atoms with E-state index >= 15 is 0 Å². The number of nitrogens with one attached hydrogen (secondary N) is 1. The van der Waals surface area contributed by atoms with E-state index in [2.05, 4.69) is 25.0 Å². The minimum absolute atomic E-state index is 0.0405. The normalized spacial score (nSPS) is 14.5. The van der Waals surface area contributed by atoms with Gasteiger partial charge < -0.3 is 14.9 Å². The molecule has 0 atom stereocenters. The van der Waals surface area contributed by atoms with Gasteiger partial charge in [-0.15, -0.1) is 5.10 Å². The number of anilines is 1. The van der Waals surface area contributed by atoms with E-state index in [-0.39, 0.29) is 25.2 Å². The molecule has 1 saturated carbocycles. The first-order valence-electron chi connectivity index (χ1n) is 10.6. The van der Waals surface area contributed by atoms with E-state index < -0.39 is 0 Å². The lowest BCUT2D eigenvalue weighted by Gasteiger charge is -2.11. The van der Waals surface area contributed by atoms with E-state index in [4.69, 9.17) is 9.57 Å². The molecule has 1 aliphatic rings. The molecule has 0 saturated heterocycles. The first kappa shape index (κ1) is 22.0.